The number of aryl methyl sites for hydroxylation is 1. The van der Waals surface area contributed by atoms with Crippen molar-refractivity contribution in [1.82, 2.24) is 4.90 Å². The van der Waals surface area contributed by atoms with Gasteiger partial charge in [-0.1, -0.05) is 13.0 Å². The molecule has 0 radical (unpaired) electrons. The summed E-state index contributed by atoms with van der Waals surface area (Å²) in [5, 5.41) is 0. The SMILES string of the molecule is CCC(C)(C)N(C)C(=O)c1cc(N)ccc1C. The maximum atomic E-state index is 12.4. The highest BCUT2D eigenvalue weighted by Gasteiger charge is 2.27. The van der Waals surface area contributed by atoms with Crippen molar-refractivity contribution in [2.75, 3.05) is 12.8 Å². The van der Waals surface area contributed by atoms with Crippen LogP contribution < -0.4 is 5.73 Å². The van der Waals surface area contributed by atoms with Crippen LogP contribution in [0.25, 0.3) is 0 Å². The summed E-state index contributed by atoms with van der Waals surface area (Å²) in [4.78, 5) is 14.2. The van der Waals surface area contributed by atoms with Crippen molar-refractivity contribution in [2.24, 2.45) is 0 Å². The molecule has 0 heterocycles. The van der Waals surface area contributed by atoms with Gasteiger partial charge in [-0.05, 0) is 44.9 Å². The molecule has 0 saturated heterocycles. The predicted octanol–water partition coefficient (Wildman–Crippen LogP) is 2.84. The summed E-state index contributed by atoms with van der Waals surface area (Å²) in [5.41, 5.74) is 7.87. The van der Waals surface area contributed by atoms with E-state index in [0.717, 1.165) is 12.0 Å². The number of hydrogen-bond acceptors (Lipinski definition) is 2. The van der Waals surface area contributed by atoms with Gasteiger partial charge < -0.3 is 10.6 Å². The van der Waals surface area contributed by atoms with Crippen LogP contribution in [0.1, 0.15) is 43.1 Å². The first-order chi connectivity index (χ1) is 7.79. The second-order valence-corrected chi connectivity index (χ2v) is 5.10. The minimum atomic E-state index is -0.145. The minimum absolute atomic E-state index is 0.0293. The summed E-state index contributed by atoms with van der Waals surface area (Å²) < 4.78 is 0. The highest BCUT2D eigenvalue weighted by molar-refractivity contribution is 5.96. The largest absolute Gasteiger partial charge is 0.399 e. The smallest absolute Gasteiger partial charge is 0.254 e. The Morgan fingerprint density at radius 2 is 2.00 bits per heavy atom. The molecule has 3 nitrogen and oxygen atoms in total. The summed E-state index contributed by atoms with van der Waals surface area (Å²) in [5.74, 6) is 0.0293. The molecule has 2 N–H and O–H groups in total. The third kappa shape index (κ3) is 2.78. The highest BCUT2D eigenvalue weighted by atomic mass is 16.2. The molecule has 0 aliphatic carbocycles. The molecule has 0 aromatic heterocycles. The molecule has 1 rings (SSSR count). The molecule has 0 unspecified atom stereocenters. The number of nitrogen functional groups attached to an aromatic ring is 1. The number of anilines is 1. The molecule has 0 atom stereocenters. The van der Waals surface area contributed by atoms with Gasteiger partial charge in [0, 0.05) is 23.8 Å². The lowest BCUT2D eigenvalue weighted by atomic mass is 9.97. The predicted molar refractivity (Wildman–Crippen MR) is 72.1 cm³/mol. The van der Waals surface area contributed by atoms with Gasteiger partial charge >= 0.3 is 0 Å². The standard InChI is InChI=1S/C14H22N2O/c1-6-14(3,4)16(5)13(17)12-9-11(15)8-7-10(12)2/h7-9H,6,15H2,1-5H3. The van der Waals surface area contributed by atoms with Crippen LogP contribution in [0.2, 0.25) is 0 Å². The van der Waals surface area contributed by atoms with E-state index in [1.807, 2.05) is 26.1 Å². The maximum Gasteiger partial charge on any atom is 0.254 e. The van der Waals surface area contributed by atoms with Crippen molar-refractivity contribution in [1.29, 1.82) is 0 Å². The summed E-state index contributed by atoms with van der Waals surface area (Å²) in [6.07, 6.45) is 0.913. The van der Waals surface area contributed by atoms with Crippen LogP contribution in [0, 0.1) is 6.92 Å². The van der Waals surface area contributed by atoms with Crippen molar-refractivity contribution >= 4 is 11.6 Å². The molecule has 1 aromatic rings. The van der Waals surface area contributed by atoms with Gasteiger partial charge in [0.15, 0.2) is 0 Å². The van der Waals surface area contributed by atoms with Crippen LogP contribution in [0.15, 0.2) is 18.2 Å². The van der Waals surface area contributed by atoms with Crippen LogP contribution in [0.4, 0.5) is 5.69 Å². The summed E-state index contributed by atoms with van der Waals surface area (Å²) in [7, 11) is 1.84. The zero-order valence-electron chi connectivity index (χ0n) is 11.4. The number of hydrogen-bond donors (Lipinski definition) is 1. The average Bonchev–Trinajstić information content (AvgIpc) is 2.30. The summed E-state index contributed by atoms with van der Waals surface area (Å²) >= 11 is 0. The van der Waals surface area contributed by atoms with Gasteiger partial charge in [-0.2, -0.15) is 0 Å². The fourth-order valence-corrected chi connectivity index (χ4v) is 1.56. The highest BCUT2D eigenvalue weighted by Crippen LogP contribution is 2.21. The lowest BCUT2D eigenvalue weighted by Gasteiger charge is -2.35. The molecule has 1 amide bonds. The number of benzene rings is 1. The van der Waals surface area contributed by atoms with E-state index in [0.29, 0.717) is 11.3 Å². The first kappa shape index (κ1) is 13.6. The van der Waals surface area contributed by atoms with Gasteiger partial charge in [0.2, 0.25) is 0 Å². The molecule has 0 fully saturated rings. The second-order valence-electron chi connectivity index (χ2n) is 5.10. The fourth-order valence-electron chi connectivity index (χ4n) is 1.56. The van der Waals surface area contributed by atoms with E-state index in [-0.39, 0.29) is 11.4 Å². The normalized spacial score (nSPS) is 11.4. The van der Waals surface area contributed by atoms with Crippen molar-refractivity contribution in [3.05, 3.63) is 29.3 Å². The van der Waals surface area contributed by atoms with E-state index in [2.05, 4.69) is 20.8 Å². The van der Waals surface area contributed by atoms with Crippen LogP contribution in [-0.2, 0) is 0 Å². The Kier molecular flexibility index (Phi) is 3.81. The van der Waals surface area contributed by atoms with E-state index < -0.39 is 0 Å². The zero-order valence-corrected chi connectivity index (χ0v) is 11.4. The van der Waals surface area contributed by atoms with E-state index >= 15 is 0 Å². The monoisotopic (exact) mass is 234 g/mol. The average molecular weight is 234 g/mol. The molecule has 0 bridgehead atoms. The van der Waals surface area contributed by atoms with E-state index in [1.54, 1.807) is 11.0 Å². The third-order valence-corrected chi connectivity index (χ3v) is 3.57. The van der Waals surface area contributed by atoms with Gasteiger partial charge in [0.1, 0.15) is 0 Å². The minimum Gasteiger partial charge on any atom is -0.399 e. The molecule has 0 aliphatic rings. The van der Waals surface area contributed by atoms with Crippen molar-refractivity contribution in [3.63, 3.8) is 0 Å². The van der Waals surface area contributed by atoms with Crippen molar-refractivity contribution < 1.29 is 4.79 Å². The molecule has 17 heavy (non-hydrogen) atoms. The molecule has 1 aromatic carbocycles. The van der Waals surface area contributed by atoms with Gasteiger partial charge in [-0.3, -0.25) is 4.79 Å². The number of amides is 1. The van der Waals surface area contributed by atoms with Crippen LogP contribution >= 0.6 is 0 Å². The molecular formula is C14H22N2O. The number of carbonyl (C=O) groups is 1. The molecule has 0 saturated carbocycles. The third-order valence-electron chi connectivity index (χ3n) is 3.57. The van der Waals surface area contributed by atoms with E-state index in [9.17, 15) is 4.79 Å². The van der Waals surface area contributed by atoms with Crippen molar-refractivity contribution in [3.8, 4) is 0 Å². The molecule has 0 aliphatic heterocycles. The Hall–Kier alpha value is -1.51. The van der Waals surface area contributed by atoms with Gasteiger partial charge in [-0.25, -0.2) is 0 Å². The Balaban J connectivity index is 3.08. The Morgan fingerprint density at radius 3 is 2.53 bits per heavy atom. The number of nitrogens with zero attached hydrogens (tertiary/aromatic N) is 1. The van der Waals surface area contributed by atoms with Gasteiger partial charge in [0.05, 0.1) is 0 Å². The second kappa shape index (κ2) is 4.78. The number of carbonyl (C=O) groups excluding carboxylic acids is 1. The Morgan fingerprint density at radius 1 is 1.41 bits per heavy atom. The van der Waals surface area contributed by atoms with Gasteiger partial charge in [0.25, 0.3) is 5.91 Å². The van der Waals surface area contributed by atoms with Crippen molar-refractivity contribution in [2.45, 2.75) is 39.7 Å². The van der Waals surface area contributed by atoms with E-state index in [4.69, 9.17) is 5.73 Å². The van der Waals surface area contributed by atoms with Crippen LogP contribution in [0.5, 0.6) is 0 Å². The lowest BCUT2D eigenvalue weighted by molar-refractivity contribution is 0.0619. The number of rotatable bonds is 3. The first-order valence-corrected chi connectivity index (χ1v) is 5.94. The molecular weight excluding hydrogens is 212 g/mol. The maximum absolute atomic E-state index is 12.4. The topological polar surface area (TPSA) is 46.3 Å². The van der Waals surface area contributed by atoms with Crippen LogP contribution in [-0.4, -0.2) is 23.4 Å². The van der Waals surface area contributed by atoms with Crippen LogP contribution in [0.3, 0.4) is 0 Å². The summed E-state index contributed by atoms with van der Waals surface area (Å²) in [6, 6.07) is 5.45. The lowest BCUT2D eigenvalue weighted by Crippen LogP contribution is -2.44. The zero-order chi connectivity index (χ0) is 13.2. The molecule has 94 valence electrons. The molecule has 0 spiro atoms. The first-order valence-electron chi connectivity index (χ1n) is 5.94. The Bertz CT molecular complexity index is 424. The summed E-state index contributed by atoms with van der Waals surface area (Å²) in [6.45, 7) is 8.13. The Labute approximate surface area is 104 Å². The quantitative estimate of drug-likeness (QED) is 0.817. The fraction of sp³-hybridized carbons (Fsp3) is 0.500. The molecule has 3 heteroatoms. The van der Waals surface area contributed by atoms with E-state index in [1.165, 1.54) is 0 Å². The number of nitrogens with two attached hydrogens (primary N) is 1. The van der Waals surface area contributed by atoms with Gasteiger partial charge in [-0.15, -0.1) is 0 Å².